The molecule has 0 radical (unpaired) electrons. The predicted octanol–water partition coefficient (Wildman–Crippen LogP) is 3.59. The second kappa shape index (κ2) is 4.96. The summed E-state index contributed by atoms with van der Waals surface area (Å²) in [4.78, 5) is 0. The Morgan fingerprint density at radius 2 is 2.19 bits per heavy atom. The van der Waals surface area contributed by atoms with Crippen molar-refractivity contribution in [2.45, 2.75) is 44.6 Å². The van der Waals surface area contributed by atoms with Crippen LogP contribution < -0.4 is 5.32 Å². The van der Waals surface area contributed by atoms with E-state index < -0.39 is 0 Å². The minimum atomic E-state index is -0.128. The molecule has 1 fully saturated rings. The highest BCUT2D eigenvalue weighted by Crippen LogP contribution is 2.33. The molecule has 0 saturated carbocycles. The topological polar surface area (TPSA) is 12.0 Å². The van der Waals surface area contributed by atoms with E-state index in [4.69, 9.17) is 0 Å². The number of nitrogens with one attached hydrogen (secondary N) is 1. The van der Waals surface area contributed by atoms with E-state index in [0.717, 1.165) is 24.9 Å². The monoisotopic (exact) mass is 221 g/mol. The zero-order valence-corrected chi connectivity index (χ0v) is 9.93. The Bertz CT molecular complexity index is 340. The van der Waals surface area contributed by atoms with Gasteiger partial charge in [0.15, 0.2) is 0 Å². The highest BCUT2D eigenvalue weighted by atomic mass is 19.1. The van der Waals surface area contributed by atoms with Crippen molar-refractivity contribution in [2.24, 2.45) is 0 Å². The molecular formula is C14H20FN. The number of halogens is 1. The zero-order chi connectivity index (χ0) is 11.4. The summed E-state index contributed by atoms with van der Waals surface area (Å²) in [6, 6.07) is 7.06. The van der Waals surface area contributed by atoms with E-state index in [9.17, 15) is 4.39 Å². The summed E-state index contributed by atoms with van der Waals surface area (Å²) in [5, 5.41) is 3.62. The van der Waals surface area contributed by atoms with Crippen molar-refractivity contribution in [2.75, 3.05) is 6.54 Å². The first-order chi connectivity index (χ1) is 7.77. The van der Waals surface area contributed by atoms with E-state index in [1.54, 1.807) is 6.07 Å². The third kappa shape index (κ3) is 2.27. The predicted molar refractivity (Wildman–Crippen MR) is 64.8 cm³/mol. The number of hydrogen-bond donors (Lipinski definition) is 1. The summed E-state index contributed by atoms with van der Waals surface area (Å²) in [5.74, 6) is -0.128. The number of hydrogen-bond acceptors (Lipinski definition) is 1. The zero-order valence-electron chi connectivity index (χ0n) is 9.93. The molecule has 0 aliphatic carbocycles. The molecule has 1 saturated heterocycles. The van der Waals surface area contributed by atoms with Crippen LogP contribution in [0.1, 0.15) is 44.6 Å². The van der Waals surface area contributed by atoms with Crippen LogP contribution in [0.5, 0.6) is 0 Å². The van der Waals surface area contributed by atoms with Gasteiger partial charge in [-0.3, -0.25) is 0 Å². The maximum atomic E-state index is 13.3. The van der Waals surface area contributed by atoms with Crippen molar-refractivity contribution in [1.29, 1.82) is 0 Å². The van der Waals surface area contributed by atoms with Gasteiger partial charge in [0.05, 0.1) is 0 Å². The quantitative estimate of drug-likeness (QED) is 0.804. The normalized spacial score (nSPS) is 26.4. The molecule has 16 heavy (non-hydrogen) atoms. The summed E-state index contributed by atoms with van der Waals surface area (Å²) in [7, 11) is 0. The molecule has 88 valence electrons. The van der Waals surface area contributed by atoms with E-state index in [1.165, 1.54) is 25.3 Å². The van der Waals surface area contributed by atoms with Crippen LogP contribution in [0.25, 0.3) is 0 Å². The molecule has 1 aliphatic rings. The molecule has 0 amide bonds. The maximum absolute atomic E-state index is 13.3. The standard InChI is InChI=1S/C14H20FN/c1-2-14(9-4-3-5-10-16-14)12-7-6-8-13(15)11-12/h6-8,11,16H,2-5,9-10H2,1H3. The smallest absolute Gasteiger partial charge is 0.123 e. The third-order valence-corrected chi connectivity index (χ3v) is 3.72. The van der Waals surface area contributed by atoms with Gasteiger partial charge in [-0.25, -0.2) is 4.39 Å². The average molecular weight is 221 g/mol. The van der Waals surface area contributed by atoms with Crippen LogP contribution in [0.15, 0.2) is 24.3 Å². The van der Waals surface area contributed by atoms with Crippen molar-refractivity contribution in [3.63, 3.8) is 0 Å². The lowest BCUT2D eigenvalue weighted by molar-refractivity contribution is 0.311. The summed E-state index contributed by atoms with van der Waals surface area (Å²) < 4.78 is 13.3. The Morgan fingerprint density at radius 3 is 2.94 bits per heavy atom. The Morgan fingerprint density at radius 1 is 1.31 bits per heavy atom. The van der Waals surface area contributed by atoms with Gasteiger partial charge in [0.25, 0.3) is 0 Å². The van der Waals surface area contributed by atoms with Gasteiger partial charge in [0.1, 0.15) is 5.82 Å². The molecule has 2 rings (SSSR count). The van der Waals surface area contributed by atoms with E-state index in [1.807, 2.05) is 12.1 Å². The van der Waals surface area contributed by atoms with Crippen LogP contribution in [-0.2, 0) is 5.54 Å². The average Bonchev–Trinajstić information content (AvgIpc) is 2.55. The van der Waals surface area contributed by atoms with Crippen LogP contribution in [0.2, 0.25) is 0 Å². The summed E-state index contributed by atoms with van der Waals surface area (Å²) in [5.41, 5.74) is 1.11. The minimum Gasteiger partial charge on any atom is -0.307 e. The van der Waals surface area contributed by atoms with Gasteiger partial charge < -0.3 is 5.32 Å². The van der Waals surface area contributed by atoms with E-state index in [-0.39, 0.29) is 11.4 Å². The fourth-order valence-corrected chi connectivity index (χ4v) is 2.68. The van der Waals surface area contributed by atoms with Gasteiger partial charge in [0, 0.05) is 5.54 Å². The molecule has 1 unspecified atom stereocenters. The number of rotatable bonds is 2. The molecule has 0 bridgehead atoms. The molecule has 0 aromatic heterocycles. The first kappa shape index (κ1) is 11.6. The van der Waals surface area contributed by atoms with E-state index >= 15 is 0 Å². The minimum absolute atomic E-state index is 0.00139. The lowest BCUT2D eigenvalue weighted by Crippen LogP contribution is -2.41. The van der Waals surface area contributed by atoms with Gasteiger partial charge in [-0.2, -0.15) is 0 Å². The molecule has 1 N–H and O–H groups in total. The molecule has 1 aromatic carbocycles. The molecule has 1 aromatic rings. The fourth-order valence-electron chi connectivity index (χ4n) is 2.68. The van der Waals surface area contributed by atoms with Crippen LogP contribution in [-0.4, -0.2) is 6.54 Å². The lowest BCUT2D eigenvalue weighted by Gasteiger charge is -2.33. The van der Waals surface area contributed by atoms with Gasteiger partial charge in [-0.1, -0.05) is 31.9 Å². The first-order valence-electron chi connectivity index (χ1n) is 6.28. The largest absolute Gasteiger partial charge is 0.307 e. The van der Waals surface area contributed by atoms with E-state index in [2.05, 4.69) is 12.2 Å². The van der Waals surface area contributed by atoms with Crippen molar-refractivity contribution < 1.29 is 4.39 Å². The Hall–Kier alpha value is -0.890. The molecule has 2 heteroatoms. The van der Waals surface area contributed by atoms with Crippen molar-refractivity contribution in [3.8, 4) is 0 Å². The van der Waals surface area contributed by atoms with Crippen LogP contribution in [0.3, 0.4) is 0 Å². The molecule has 1 heterocycles. The molecule has 1 atom stereocenters. The second-order valence-corrected chi connectivity index (χ2v) is 4.68. The molecular weight excluding hydrogens is 201 g/mol. The van der Waals surface area contributed by atoms with Crippen molar-refractivity contribution >= 4 is 0 Å². The molecule has 1 nitrogen and oxygen atoms in total. The first-order valence-corrected chi connectivity index (χ1v) is 6.28. The van der Waals surface area contributed by atoms with Gasteiger partial charge in [-0.05, 0) is 43.5 Å². The Balaban J connectivity index is 2.31. The molecule has 0 spiro atoms. The number of benzene rings is 1. The van der Waals surface area contributed by atoms with Crippen LogP contribution in [0.4, 0.5) is 4.39 Å². The SMILES string of the molecule is CCC1(c2cccc(F)c2)CCCCCN1. The third-order valence-electron chi connectivity index (χ3n) is 3.72. The Kier molecular flexibility index (Phi) is 3.59. The second-order valence-electron chi connectivity index (χ2n) is 4.68. The van der Waals surface area contributed by atoms with Crippen LogP contribution in [0, 0.1) is 5.82 Å². The molecule has 1 aliphatic heterocycles. The highest BCUT2D eigenvalue weighted by molar-refractivity contribution is 5.25. The van der Waals surface area contributed by atoms with Crippen LogP contribution >= 0.6 is 0 Å². The summed E-state index contributed by atoms with van der Waals surface area (Å²) >= 11 is 0. The van der Waals surface area contributed by atoms with Crippen molar-refractivity contribution in [1.82, 2.24) is 5.32 Å². The highest BCUT2D eigenvalue weighted by Gasteiger charge is 2.30. The summed E-state index contributed by atoms with van der Waals surface area (Å²) in [6.07, 6.45) is 5.89. The fraction of sp³-hybridized carbons (Fsp3) is 0.571. The van der Waals surface area contributed by atoms with Gasteiger partial charge in [-0.15, -0.1) is 0 Å². The summed E-state index contributed by atoms with van der Waals surface area (Å²) in [6.45, 7) is 3.23. The Labute approximate surface area is 97.1 Å². The lowest BCUT2D eigenvalue weighted by atomic mass is 9.83. The van der Waals surface area contributed by atoms with Crippen molar-refractivity contribution in [3.05, 3.63) is 35.6 Å². The van der Waals surface area contributed by atoms with E-state index in [0.29, 0.717) is 0 Å². The van der Waals surface area contributed by atoms with Gasteiger partial charge in [0.2, 0.25) is 0 Å². The van der Waals surface area contributed by atoms with Gasteiger partial charge >= 0.3 is 0 Å². The maximum Gasteiger partial charge on any atom is 0.123 e.